The lowest BCUT2D eigenvalue weighted by molar-refractivity contribution is 0.332. The predicted molar refractivity (Wildman–Crippen MR) is 75.9 cm³/mol. The lowest BCUT2D eigenvalue weighted by Crippen LogP contribution is -2.48. The number of nitrogens with zero attached hydrogens (tertiary/aromatic N) is 5. The standard InChI is InChI=1S/C12H10ClN5S/c13-9-2-1-3-10-11(9)16-12(19-10)17-6-8(7-17)18-14-4-5-15-18/h1-5,8H,6-7H2. The van der Waals surface area contributed by atoms with E-state index in [-0.39, 0.29) is 0 Å². The summed E-state index contributed by atoms with van der Waals surface area (Å²) >= 11 is 7.82. The number of hydrogen-bond acceptors (Lipinski definition) is 5. The van der Waals surface area contributed by atoms with Crippen LogP contribution in [0.1, 0.15) is 6.04 Å². The summed E-state index contributed by atoms with van der Waals surface area (Å²) in [6.07, 6.45) is 3.42. The number of hydrogen-bond donors (Lipinski definition) is 0. The van der Waals surface area contributed by atoms with Gasteiger partial charge in [0.25, 0.3) is 0 Å². The Labute approximate surface area is 118 Å². The van der Waals surface area contributed by atoms with E-state index in [0.29, 0.717) is 11.1 Å². The number of halogens is 1. The van der Waals surface area contributed by atoms with E-state index in [1.165, 1.54) is 0 Å². The van der Waals surface area contributed by atoms with Gasteiger partial charge in [0.05, 0.1) is 22.1 Å². The molecule has 0 saturated carbocycles. The second kappa shape index (κ2) is 4.18. The number of aromatic nitrogens is 4. The van der Waals surface area contributed by atoms with Crippen LogP contribution in [-0.4, -0.2) is 33.1 Å². The fourth-order valence-corrected chi connectivity index (χ4v) is 3.49. The average Bonchev–Trinajstić information content (AvgIpc) is 2.96. The van der Waals surface area contributed by atoms with Crippen molar-refractivity contribution in [1.29, 1.82) is 0 Å². The van der Waals surface area contributed by atoms with Crippen LogP contribution < -0.4 is 4.90 Å². The van der Waals surface area contributed by atoms with Gasteiger partial charge < -0.3 is 4.90 Å². The van der Waals surface area contributed by atoms with Crippen molar-refractivity contribution in [2.45, 2.75) is 6.04 Å². The number of benzene rings is 1. The summed E-state index contributed by atoms with van der Waals surface area (Å²) in [4.78, 5) is 8.60. The van der Waals surface area contributed by atoms with E-state index in [9.17, 15) is 0 Å². The molecule has 5 nitrogen and oxygen atoms in total. The molecular weight excluding hydrogens is 282 g/mol. The SMILES string of the molecule is Clc1cccc2sc(N3CC(n4nccn4)C3)nc12. The van der Waals surface area contributed by atoms with Crippen molar-refractivity contribution in [3.05, 3.63) is 35.6 Å². The highest BCUT2D eigenvalue weighted by Gasteiger charge is 2.31. The minimum atomic E-state index is 0.345. The van der Waals surface area contributed by atoms with Crippen LogP contribution in [0, 0.1) is 0 Å². The maximum atomic E-state index is 6.15. The van der Waals surface area contributed by atoms with Gasteiger partial charge in [-0.05, 0) is 12.1 Å². The van der Waals surface area contributed by atoms with Gasteiger partial charge in [-0.25, -0.2) is 4.98 Å². The molecule has 2 aromatic heterocycles. The Bertz CT molecular complexity index is 717. The summed E-state index contributed by atoms with van der Waals surface area (Å²) < 4.78 is 1.13. The Morgan fingerprint density at radius 2 is 2.00 bits per heavy atom. The number of para-hydroxylation sites is 1. The van der Waals surface area contributed by atoms with Crippen molar-refractivity contribution in [3.8, 4) is 0 Å². The minimum Gasteiger partial charge on any atom is -0.343 e. The topological polar surface area (TPSA) is 46.8 Å². The van der Waals surface area contributed by atoms with Crippen LogP contribution in [0.3, 0.4) is 0 Å². The van der Waals surface area contributed by atoms with Crippen molar-refractivity contribution in [2.75, 3.05) is 18.0 Å². The Morgan fingerprint density at radius 3 is 2.74 bits per heavy atom. The van der Waals surface area contributed by atoms with Gasteiger partial charge in [0, 0.05) is 13.1 Å². The van der Waals surface area contributed by atoms with Gasteiger partial charge in [-0.2, -0.15) is 15.0 Å². The minimum absolute atomic E-state index is 0.345. The van der Waals surface area contributed by atoms with Crippen LogP contribution in [-0.2, 0) is 0 Å². The van der Waals surface area contributed by atoms with E-state index in [1.807, 2.05) is 12.1 Å². The fourth-order valence-electron chi connectivity index (χ4n) is 2.21. The lowest BCUT2D eigenvalue weighted by atomic mass is 10.1. The predicted octanol–water partition coefficient (Wildman–Crippen LogP) is 2.60. The molecule has 4 rings (SSSR count). The number of anilines is 1. The van der Waals surface area contributed by atoms with Crippen LogP contribution in [0.25, 0.3) is 10.2 Å². The van der Waals surface area contributed by atoms with Crippen LogP contribution in [0.2, 0.25) is 5.02 Å². The summed E-state index contributed by atoms with van der Waals surface area (Å²) in [7, 11) is 0. The van der Waals surface area contributed by atoms with Crippen molar-refractivity contribution < 1.29 is 0 Å². The van der Waals surface area contributed by atoms with Gasteiger partial charge in [0.2, 0.25) is 0 Å². The monoisotopic (exact) mass is 291 g/mol. The molecule has 1 aromatic carbocycles. The third kappa shape index (κ3) is 1.79. The maximum Gasteiger partial charge on any atom is 0.186 e. The molecule has 1 fully saturated rings. The molecule has 19 heavy (non-hydrogen) atoms. The van der Waals surface area contributed by atoms with E-state index in [4.69, 9.17) is 11.6 Å². The van der Waals surface area contributed by atoms with Crippen LogP contribution in [0.4, 0.5) is 5.13 Å². The summed E-state index contributed by atoms with van der Waals surface area (Å²) in [6.45, 7) is 1.79. The molecular formula is C12H10ClN5S. The Kier molecular flexibility index (Phi) is 2.46. The van der Waals surface area contributed by atoms with Gasteiger partial charge in [0.15, 0.2) is 5.13 Å². The molecule has 0 bridgehead atoms. The summed E-state index contributed by atoms with van der Waals surface area (Å²) in [6, 6.07) is 6.23. The van der Waals surface area contributed by atoms with Gasteiger partial charge >= 0.3 is 0 Å². The van der Waals surface area contributed by atoms with Crippen molar-refractivity contribution >= 4 is 38.3 Å². The van der Waals surface area contributed by atoms with Crippen LogP contribution in [0.15, 0.2) is 30.6 Å². The third-order valence-corrected chi connectivity index (χ3v) is 4.64. The molecule has 0 spiro atoms. The molecule has 3 aromatic rings. The van der Waals surface area contributed by atoms with E-state index >= 15 is 0 Å². The Morgan fingerprint density at radius 1 is 1.21 bits per heavy atom. The summed E-state index contributed by atoms with van der Waals surface area (Å²) in [5.74, 6) is 0. The van der Waals surface area contributed by atoms with Crippen LogP contribution >= 0.6 is 22.9 Å². The van der Waals surface area contributed by atoms with E-state index in [2.05, 4.69) is 26.1 Å². The number of thiazole rings is 1. The van der Waals surface area contributed by atoms with Crippen molar-refractivity contribution in [1.82, 2.24) is 20.0 Å². The first-order valence-corrected chi connectivity index (χ1v) is 7.16. The molecule has 0 unspecified atom stereocenters. The Hall–Kier alpha value is -1.66. The average molecular weight is 292 g/mol. The highest BCUT2D eigenvalue weighted by atomic mass is 35.5. The molecule has 3 heterocycles. The second-order valence-electron chi connectivity index (χ2n) is 4.49. The smallest absolute Gasteiger partial charge is 0.186 e. The zero-order valence-electron chi connectivity index (χ0n) is 9.90. The molecule has 0 N–H and O–H groups in total. The highest BCUT2D eigenvalue weighted by Crippen LogP contribution is 2.36. The molecule has 1 aliphatic heterocycles. The van der Waals surface area contributed by atoms with E-state index in [1.54, 1.807) is 28.5 Å². The van der Waals surface area contributed by atoms with Gasteiger partial charge in [-0.1, -0.05) is 29.0 Å². The quantitative estimate of drug-likeness (QED) is 0.728. The zero-order valence-corrected chi connectivity index (χ0v) is 11.5. The molecule has 0 radical (unpaired) electrons. The van der Waals surface area contributed by atoms with Gasteiger partial charge in [0.1, 0.15) is 11.6 Å². The molecule has 0 amide bonds. The molecule has 0 aliphatic carbocycles. The molecule has 1 saturated heterocycles. The molecule has 1 aliphatic rings. The van der Waals surface area contributed by atoms with Gasteiger partial charge in [-0.15, -0.1) is 0 Å². The maximum absolute atomic E-state index is 6.15. The summed E-state index contributed by atoms with van der Waals surface area (Å²) in [5, 5.41) is 10.1. The summed E-state index contributed by atoms with van der Waals surface area (Å²) in [5.41, 5.74) is 0.893. The Balaban J connectivity index is 1.58. The first kappa shape index (κ1) is 11.2. The molecule has 7 heteroatoms. The normalized spacial score (nSPS) is 15.9. The van der Waals surface area contributed by atoms with Crippen LogP contribution in [0.5, 0.6) is 0 Å². The molecule has 96 valence electrons. The zero-order chi connectivity index (χ0) is 12.8. The van der Waals surface area contributed by atoms with Crippen molar-refractivity contribution in [2.24, 2.45) is 0 Å². The first-order chi connectivity index (χ1) is 9.31. The largest absolute Gasteiger partial charge is 0.343 e. The van der Waals surface area contributed by atoms with Gasteiger partial charge in [-0.3, -0.25) is 0 Å². The van der Waals surface area contributed by atoms with Crippen molar-refractivity contribution in [3.63, 3.8) is 0 Å². The fraction of sp³-hybridized carbons (Fsp3) is 0.250. The number of fused-ring (bicyclic) bond motifs is 1. The first-order valence-electron chi connectivity index (χ1n) is 5.97. The highest BCUT2D eigenvalue weighted by molar-refractivity contribution is 7.22. The molecule has 0 atom stereocenters. The lowest BCUT2D eigenvalue weighted by Gasteiger charge is -2.37. The van der Waals surface area contributed by atoms with E-state index in [0.717, 1.165) is 28.4 Å². The van der Waals surface area contributed by atoms with E-state index < -0.39 is 0 Å². The second-order valence-corrected chi connectivity index (χ2v) is 5.91. The third-order valence-electron chi connectivity index (χ3n) is 3.25. The number of rotatable bonds is 2.